The van der Waals surface area contributed by atoms with E-state index in [0.717, 1.165) is 14.7 Å². The largest absolute Gasteiger partial charge is 0.390 e. The fraction of sp³-hybridized carbons (Fsp3) is 0.794. The smallest absolute Gasteiger partial charge is 0.247 e. The Kier molecular flexibility index (Phi) is 37.6. The third-order valence-electron chi connectivity index (χ3n) is 17.3. The van der Waals surface area contributed by atoms with Crippen LogP contribution in [0.1, 0.15) is 156 Å². The van der Waals surface area contributed by atoms with Gasteiger partial charge in [-0.05, 0) is 101 Å². The zero-order valence-electron chi connectivity index (χ0n) is 61.8. The maximum Gasteiger partial charge on any atom is 0.247 e. The summed E-state index contributed by atoms with van der Waals surface area (Å²) in [6.07, 6.45) is 2.68. The molecule has 1 aliphatic heterocycles. The molecule has 1 fully saturated rings. The number of carbonyl (C=O) groups is 12. The molecule has 0 aliphatic carbocycles. The first kappa shape index (κ1) is 86.3. The van der Waals surface area contributed by atoms with Gasteiger partial charge < -0.3 is 75.5 Å². The Morgan fingerprint density at radius 2 is 1.00 bits per heavy atom. The summed E-state index contributed by atoms with van der Waals surface area (Å²) < 4.78 is 11.1. The molecule has 0 aromatic carbocycles. The van der Waals surface area contributed by atoms with Crippen molar-refractivity contribution < 1.29 is 72.1 Å². The summed E-state index contributed by atoms with van der Waals surface area (Å²) >= 11 is 0. The molecule has 0 saturated carbocycles. The van der Waals surface area contributed by atoms with E-state index in [0.29, 0.717) is 6.61 Å². The highest BCUT2D eigenvalue weighted by atomic mass is 16.5. The zero-order valence-corrected chi connectivity index (χ0v) is 61.8. The molecule has 6 N–H and O–H groups in total. The van der Waals surface area contributed by atoms with Gasteiger partial charge in [-0.3, -0.25) is 57.5 Å². The molecule has 1 aliphatic rings. The Bertz CT molecular complexity index is 2580. The van der Waals surface area contributed by atoms with Crippen LogP contribution < -0.4 is 26.6 Å². The number of rotatable bonds is 23. The second kappa shape index (κ2) is 41.4. The number of hydrogen-bond acceptors (Lipinski definition) is 15. The normalized spacial score (nSPS) is 25.3. The molecule has 0 bridgehead atoms. The van der Waals surface area contributed by atoms with E-state index in [4.69, 9.17) is 9.47 Å². The fourth-order valence-electron chi connectivity index (χ4n) is 11.4. The van der Waals surface area contributed by atoms with E-state index >= 15 is 19.2 Å². The van der Waals surface area contributed by atoms with Crippen LogP contribution in [0.5, 0.6) is 0 Å². The number of amides is 12. The SMILES string of the molecule is C/C=C\C[C@@H](C)[C@@H](O)C1C(=O)N[C@@H](CC)C(=O)N(C)CC(=O)N(C)[C@@H](CC(C)C)C(=O)N[C@@H](C(C)C)C(=O)N(C)[C@@H](CC(C)C)C(=O)N[C@@H](C)C(=O)N[C@H](COCC(=O)NCCOCC)C(=O)N(C)[C@@H](CC(C)C)C(=O)N(C)[C@@H](CC(C)C)C(=O)N(C)[C@@H](C(C)C)C(=O)N1C. The molecule has 0 aromatic rings. The average Bonchev–Trinajstić information content (AvgIpc) is 0.810. The van der Waals surface area contributed by atoms with Gasteiger partial charge in [-0.2, -0.15) is 0 Å². The first-order valence-electron chi connectivity index (χ1n) is 33.9. The van der Waals surface area contributed by atoms with Crippen molar-refractivity contribution in [2.75, 3.05) is 88.9 Å². The molecular weight excluding hydrogens is 1220 g/mol. The van der Waals surface area contributed by atoms with Gasteiger partial charge in [0.15, 0.2) is 0 Å². The molecule has 27 heteroatoms. The molecule has 1 heterocycles. The van der Waals surface area contributed by atoms with Crippen molar-refractivity contribution in [3.63, 3.8) is 0 Å². The van der Waals surface area contributed by atoms with E-state index in [-0.39, 0.29) is 75.3 Å². The molecule has 0 aromatic heterocycles. The van der Waals surface area contributed by atoms with Crippen LogP contribution >= 0.6 is 0 Å². The molecule has 544 valence electrons. The first-order chi connectivity index (χ1) is 44.1. The van der Waals surface area contributed by atoms with Crippen molar-refractivity contribution >= 4 is 70.9 Å². The third kappa shape index (κ3) is 26.3. The summed E-state index contributed by atoms with van der Waals surface area (Å²) in [5, 5.41) is 25.8. The molecule has 0 radical (unpaired) electrons. The first-order valence-corrected chi connectivity index (χ1v) is 33.9. The quantitative estimate of drug-likeness (QED) is 0.0632. The second-order valence-electron chi connectivity index (χ2n) is 28.0. The molecule has 1 rings (SSSR count). The number of hydrogen-bond donors (Lipinski definition) is 6. The Balaban J connectivity index is 4.48. The third-order valence-corrected chi connectivity index (χ3v) is 17.3. The highest BCUT2D eigenvalue weighted by molar-refractivity contribution is 5.99. The molecule has 12 atom stereocenters. The van der Waals surface area contributed by atoms with Crippen LogP contribution in [-0.4, -0.2) is 266 Å². The average molecular weight is 1350 g/mol. The highest BCUT2D eigenvalue weighted by Crippen LogP contribution is 2.26. The molecule has 1 saturated heterocycles. The van der Waals surface area contributed by atoms with Gasteiger partial charge in [-0.25, -0.2) is 0 Å². The predicted octanol–water partition coefficient (Wildman–Crippen LogP) is 2.42. The number of ether oxygens (including phenoxy) is 2. The lowest BCUT2D eigenvalue weighted by atomic mass is 9.91. The fourth-order valence-corrected chi connectivity index (χ4v) is 11.4. The van der Waals surface area contributed by atoms with Crippen molar-refractivity contribution in [1.29, 1.82) is 0 Å². The summed E-state index contributed by atoms with van der Waals surface area (Å²) in [6.45, 7) is 28.9. The number of likely N-dealkylation sites (N-methyl/N-ethyl adjacent to an activating group) is 7. The topological polar surface area (TPSA) is 326 Å². The lowest BCUT2D eigenvalue weighted by molar-refractivity contribution is -0.157. The van der Waals surface area contributed by atoms with Crippen LogP contribution in [0.15, 0.2) is 12.2 Å². The van der Waals surface area contributed by atoms with Crippen molar-refractivity contribution in [3.8, 4) is 0 Å². The van der Waals surface area contributed by atoms with Crippen LogP contribution in [-0.2, 0) is 67.0 Å². The Hall–Kier alpha value is -6.74. The number of carbonyl (C=O) groups excluding carboxylic acids is 12. The van der Waals surface area contributed by atoms with Gasteiger partial charge in [-0.1, -0.05) is 109 Å². The van der Waals surface area contributed by atoms with Gasteiger partial charge in [0.2, 0.25) is 70.9 Å². The van der Waals surface area contributed by atoms with Crippen LogP contribution in [0.2, 0.25) is 0 Å². The molecule has 12 amide bonds. The Labute approximate surface area is 567 Å². The maximum absolute atomic E-state index is 15.3. The van der Waals surface area contributed by atoms with Crippen molar-refractivity contribution in [3.05, 3.63) is 12.2 Å². The van der Waals surface area contributed by atoms with E-state index in [2.05, 4.69) is 26.6 Å². The van der Waals surface area contributed by atoms with Gasteiger partial charge in [-0.15, -0.1) is 0 Å². The van der Waals surface area contributed by atoms with Gasteiger partial charge in [0.25, 0.3) is 0 Å². The summed E-state index contributed by atoms with van der Waals surface area (Å²) in [6, 6.07) is -13.4. The minimum Gasteiger partial charge on any atom is -0.390 e. The molecule has 95 heavy (non-hydrogen) atoms. The van der Waals surface area contributed by atoms with Crippen LogP contribution in [0.25, 0.3) is 0 Å². The summed E-state index contributed by atoms with van der Waals surface area (Å²) in [4.78, 5) is 184. The van der Waals surface area contributed by atoms with Gasteiger partial charge >= 0.3 is 0 Å². The predicted molar refractivity (Wildman–Crippen MR) is 363 cm³/mol. The van der Waals surface area contributed by atoms with E-state index in [1.165, 1.54) is 75.9 Å². The number of nitrogens with one attached hydrogen (secondary N) is 5. The highest BCUT2D eigenvalue weighted by Gasteiger charge is 2.46. The molecule has 1 unspecified atom stereocenters. The second-order valence-corrected chi connectivity index (χ2v) is 28.0. The standard InChI is InChI=1S/C68H122N12O15/c1-25-28-29-45(16)58(83)57-62(87)71-47(26-2)63(88)74(18)36-54(82)75(19)49(32-39(4)5)61(86)73-55(43(12)13)67(92)76(20)50(33-40(6)7)60(85)70-46(17)59(84)72-48(37-95-38-53(81)69-30-31-94-27-3)64(89)77(21)51(34-41(8)9)65(90)78(22)52(35-42(10)11)66(91)79(23)56(44(14)15)68(93)80(57)24/h25,28,39-52,55-58,83H,26-27,29-38H2,1-24H3,(H,69,81)(H,70,85)(H,71,87)(H,72,84)(H,73,86)/b28-25-/t45-,46+,47+,48-,49+,50+,51+,52+,55+,56+,57?,58-/m1/s1. The van der Waals surface area contributed by atoms with E-state index in [1.54, 1.807) is 67.5 Å². The van der Waals surface area contributed by atoms with E-state index in [9.17, 15) is 43.5 Å². The van der Waals surface area contributed by atoms with Gasteiger partial charge in [0, 0.05) is 62.5 Å². The lowest BCUT2D eigenvalue weighted by Crippen LogP contribution is -2.63. The molecule has 0 spiro atoms. The van der Waals surface area contributed by atoms with Crippen molar-refractivity contribution in [2.24, 2.45) is 41.4 Å². The number of nitrogens with zero attached hydrogens (tertiary/aromatic N) is 7. The number of aliphatic hydroxyl groups is 1. The van der Waals surface area contributed by atoms with Crippen LogP contribution in [0.4, 0.5) is 0 Å². The van der Waals surface area contributed by atoms with E-state index in [1.807, 2.05) is 55.4 Å². The van der Waals surface area contributed by atoms with Crippen molar-refractivity contribution in [2.45, 2.75) is 223 Å². The van der Waals surface area contributed by atoms with Crippen LogP contribution in [0.3, 0.4) is 0 Å². The monoisotopic (exact) mass is 1350 g/mol. The molecular formula is C68H122N12O15. The van der Waals surface area contributed by atoms with Gasteiger partial charge in [0.05, 0.1) is 25.9 Å². The zero-order chi connectivity index (χ0) is 73.2. The van der Waals surface area contributed by atoms with Gasteiger partial charge in [0.1, 0.15) is 67.0 Å². The summed E-state index contributed by atoms with van der Waals surface area (Å²) in [5.74, 6) is -11.4. The Morgan fingerprint density at radius 3 is 1.48 bits per heavy atom. The lowest BCUT2D eigenvalue weighted by Gasteiger charge is -2.41. The maximum atomic E-state index is 15.3. The molecule has 27 nitrogen and oxygen atoms in total. The van der Waals surface area contributed by atoms with Crippen LogP contribution in [0, 0.1) is 41.4 Å². The number of aliphatic hydroxyl groups excluding tert-OH is 1. The minimum atomic E-state index is -1.65. The summed E-state index contributed by atoms with van der Waals surface area (Å²) in [5.41, 5.74) is 0. The minimum absolute atomic E-state index is 0.00118. The van der Waals surface area contributed by atoms with Crippen molar-refractivity contribution in [1.82, 2.24) is 60.9 Å². The summed E-state index contributed by atoms with van der Waals surface area (Å²) in [7, 11) is 9.70. The van der Waals surface area contributed by atoms with E-state index < -0.39 is 175 Å². The Morgan fingerprint density at radius 1 is 0.537 bits per heavy atom. The number of allylic oxidation sites excluding steroid dienone is 2.